The van der Waals surface area contributed by atoms with Crippen LogP contribution in [0.2, 0.25) is 0 Å². The predicted octanol–water partition coefficient (Wildman–Crippen LogP) is 5.07. The van der Waals surface area contributed by atoms with Crippen molar-refractivity contribution in [3.05, 3.63) is 58.8 Å². The van der Waals surface area contributed by atoms with Gasteiger partial charge in [0.2, 0.25) is 0 Å². The third-order valence-corrected chi connectivity index (χ3v) is 11.7. The van der Waals surface area contributed by atoms with Gasteiger partial charge >= 0.3 is 5.97 Å². The summed E-state index contributed by atoms with van der Waals surface area (Å²) < 4.78 is 21.0. The van der Waals surface area contributed by atoms with Crippen molar-refractivity contribution >= 4 is 16.9 Å². The summed E-state index contributed by atoms with van der Waals surface area (Å²) in [6.07, 6.45) is 2.34. The number of hydrogen-bond acceptors (Lipinski definition) is 6. The highest BCUT2D eigenvalue weighted by Gasteiger charge is 2.77. The molecule has 2 heterocycles. The van der Waals surface area contributed by atoms with Gasteiger partial charge in [-0.3, -0.25) is 0 Å². The molecule has 7 heteroatoms. The number of carbonyl (C=O) groups excluding carboxylic acids is 1. The second-order valence-electron chi connectivity index (χ2n) is 14.5. The zero-order chi connectivity index (χ0) is 29.4. The maximum absolute atomic E-state index is 14.1. The normalized spacial score (nSPS) is 41.8. The molecule has 7 rings (SSSR count). The average molecular weight is 562 g/mol. The Balaban J connectivity index is 1.38. The van der Waals surface area contributed by atoms with Crippen LogP contribution in [0, 0.1) is 41.4 Å². The Morgan fingerprint density at radius 3 is 2.56 bits per heavy atom. The van der Waals surface area contributed by atoms with Crippen molar-refractivity contribution in [2.75, 3.05) is 6.61 Å². The summed E-state index contributed by atoms with van der Waals surface area (Å²) in [6, 6.07) is 7.90. The lowest BCUT2D eigenvalue weighted by Crippen LogP contribution is -2.69. The van der Waals surface area contributed by atoms with Crippen LogP contribution in [0.15, 0.2) is 47.6 Å². The minimum Gasteiger partial charge on any atom is -0.450 e. The quantitative estimate of drug-likeness (QED) is 0.393. The molecule has 9 atom stereocenters. The van der Waals surface area contributed by atoms with E-state index in [9.17, 15) is 15.0 Å². The smallest absolute Gasteiger partial charge is 0.355 e. The number of hydrogen-bond donors (Lipinski definition) is 2. The standard InChI is InChI=1S/C34H43NO6/c1-17-15-33-18(2)13-23-25(31(23,4)5)22(27(33)36)14-20-16-39-32(6,7)41-29(20)34(33,38)28(17)40-30(37)26-19(3)21-11-9-10-12-24(21)35(26)8/h9-12,14-15,18,22-23,25,27-29,36,38H,13,16H2,1-8H3/t18-,22+,23-,25+,27?,28+,29-,33+,34-/m1/s1. The number of aliphatic hydroxyl groups is 2. The van der Waals surface area contributed by atoms with E-state index in [2.05, 4.69) is 26.8 Å². The van der Waals surface area contributed by atoms with E-state index in [0.29, 0.717) is 17.5 Å². The minimum atomic E-state index is -1.73. The average Bonchev–Trinajstić information content (AvgIpc) is 3.28. The van der Waals surface area contributed by atoms with E-state index in [4.69, 9.17) is 14.2 Å². The van der Waals surface area contributed by atoms with Gasteiger partial charge in [0.15, 0.2) is 11.9 Å². The molecule has 0 radical (unpaired) electrons. The molecule has 2 bridgehead atoms. The van der Waals surface area contributed by atoms with E-state index in [1.54, 1.807) is 0 Å². The van der Waals surface area contributed by atoms with Crippen molar-refractivity contribution in [2.45, 2.75) is 84.6 Å². The fourth-order valence-electron chi connectivity index (χ4n) is 9.64. The molecule has 1 aromatic carbocycles. The summed E-state index contributed by atoms with van der Waals surface area (Å²) in [5, 5.41) is 26.7. The number of fused-ring (bicyclic) bond motifs is 6. The van der Waals surface area contributed by atoms with Crippen molar-refractivity contribution in [1.29, 1.82) is 0 Å². The molecular weight excluding hydrogens is 518 g/mol. The van der Waals surface area contributed by atoms with Crippen LogP contribution in [0.25, 0.3) is 10.9 Å². The van der Waals surface area contributed by atoms with Crippen LogP contribution in [0.3, 0.4) is 0 Å². The number of carbonyl (C=O) groups is 1. The van der Waals surface area contributed by atoms with Crippen LogP contribution < -0.4 is 0 Å². The van der Waals surface area contributed by atoms with E-state index in [1.165, 1.54) is 0 Å². The fraction of sp³-hybridized carbons (Fsp3) is 0.618. The van der Waals surface area contributed by atoms with E-state index in [1.807, 2.05) is 69.7 Å². The summed E-state index contributed by atoms with van der Waals surface area (Å²) in [5.74, 6) is -0.980. The molecule has 41 heavy (non-hydrogen) atoms. The predicted molar refractivity (Wildman–Crippen MR) is 155 cm³/mol. The molecule has 2 aromatic rings. The van der Waals surface area contributed by atoms with Crippen molar-refractivity contribution in [1.82, 2.24) is 4.57 Å². The summed E-state index contributed by atoms with van der Waals surface area (Å²) in [4.78, 5) is 14.1. The van der Waals surface area contributed by atoms with E-state index in [-0.39, 0.29) is 23.9 Å². The molecule has 1 aliphatic heterocycles. The van der Waals surface area contributed by atoms with Crippen LogP contribution in [0.5, 0.6) is 0 Å². The fourth-order valence-corrected chi connectivity index (χ4v) is 9.64. The first-order chi connectivity index (χ1) is 19.2. The topological polar surface area (TPSA) is 90.2 Å². The van der Waals surface area contributed by atoms with Gasteiger partial charge in [-0.25, -0.2) is 4.79 Å². The Morgan fingerprint density at radius 2 is 1.85 bits per heavy atom. The lowest BCUT2D eigenvalue weighted by atomic mass is 9.58. The molecule has 4 aliphatic carbocycles. The monoisotopic (exact) mass is 561 g/mol. The number of aromatic nitrogens is 1. The molecule has 2 N–H and O–H groups in total. The van der Waals surface area contributed by atoms with E-state index in [0.717, 1.165) is 34.0 Å². The van der Waals surface area contributed by atoms with Gasteiger partial charge in [0, 0.05) is 23.9 Å². The van der Waals surface area contributed by atoms with Gasteiger partial charge < -0.3 is 29.0 Å². The molecule has 1 saturated heterocycles. The van der Waals surface area contributed by atoms with Crippen molar-refractivity contribution < 1.29 is 29.2 Å². The zero-order valence-corrected chi connectivity index (χ0v) is 25.4. The lowest BCUT2D eigenvalue weighted by molar-refractivity contribution is -0.312. The van der Waals surface area contributed by atoms with Gasteiger partial charge in [-0.15, -0.1) is 0 Å². The first kappa shape index (κ1) is 27.4. The van der Waals surface area contributed by atoms with Crippen molar-refractivity contribution in [3.8, 4) is 0 Å². The molecular formula is C34H43NO6. The van der Waals surface area contributed by atoms with Gasteiger partial charge in [0.05, 0.1) is 18.1 Å². The third kappa shape index (κ3) is 3.32. The number of esters is 1. The highest BCUT2D eigenvalue weighted by molar-refractivity contribution is 5.99. The summed E-state index contributed by atoms with van der Waals surface area (Å²) in [6.45, 7) is 14.5. The van der Waals surface area contributed by atoms with Gasteiger partial charge in [-0.05, 0) is 80.1 Å². The molecule has 3 fully saturated rings. The van der Waals surface area contributed by atoms with Crippen molar-refractivity contribution in [3.63, 3.8) is 0 Å². The third-order valence-electron chi connectivity index (χ3n) is 11.7. The molecule has 5 aliphatic rings. The molecule has 1 unspecified atom stereocenters. The number of benzene rings is 1. The molecule has 1 spiro atoms. The number of nitrogens with zero attached hydrogens (tertiary/aromatic N) is 1. The number of para-hydroxylation sites is 1. The van der Waals surface area contributed by atoms with Gasteiger partial charge in [0.1, 0.15) is 17.4 Å². The molecule has 7 nitrogen and oxygen atoms in total. The number of rotatable bonds is 2. The molecule has 0 amide bonds. The van der Waals surface area contributed by atoms with Crippen LogP contribution in [0.1, 0.15) is 64.0 Å². The maximum atomic E-state index is 14.1. The molecule has 2 saturated carbocycles. The highest BCUT2D eigenvalue weighted by Crippen LogP contribution is 2.73. The minimum absolute atomic E-state index is 0.0814. The summed E-state index contributed by atoms with van der Waals surface area (Å²) >= 11 is 0. The van der Waals surface area contributed by atoms with Gasteiger partial charge in [0.25, 0.3) is 0 Å². The summed E-state index contributed by atoms with van der Waals surface area (Å²) in [7, 11) is 1.87. The second-order valence-corrected chi connectivity index (χ2v) is 14.5. The Kier molecular flexibility index (Phi) is 5.57. The van der Waals surface area contributed by atoms with Gasteiger partial charge in [-0.1, -0.05) is 51.1 Å². The van der Waals surface area contributed by atoms with Crippen LogP contribution in [-0.4, -0.2) is 57.1 Å². The van der Waals surface area contributed by atoms with Crippen molar-refractivity contribution in [2.24, 2.45) is 41.5 Å². The van der Waals surface area contributed by atoms with Crippen LogP contribution in [0.4, 0.5) is 0 Å². The first-order valence-electron chi connectivity index (χ1n) is 15.0. The molecule has 1 aromatic heterocycles. The van der Waals surface area contributed by atoms with E-state index < -0.39 is 41.1 Å². The first-order valence-corrected chi connectivity index (χ1v) is 15.0. The number of ether oxygens (including phenoxy) is 3. The Labute approximate surface area is 242 Å². The zero-order valence-electron chi connectivity index (χ0n) is 25.4. The Hall–Kier alpha value is -2.45. The highest BCUT2D eigenvalue weighted by atomic mass is 16.7. The van der Waals surface area contributed by atoms with E-state index >= 15 is 0 Å². The molecule has 220 valence electrons. The largest absolute Gasteiger partial charge is 0.450 e. The SMILES string of the molecule is CC1=C[C@]23C(O)[C@@H](C=C4COC(C)(C)O[C@H]4[C@]2(O)[C@H]1OC(=O)c1c(C)c2ccccc2n1C)[C@H]1[C@@H](C[C@H]3C)C1(C)C. The van der Waals surface area contributed by atoms with Crippen LogP contribution >= 0.6 is 0 Å². The number of aliphatic hydroxyl groups excluding tert-OH is 1. The second kappa shape index (κ2) is 8.34. The van der Waals surface area contributed by atoms with Crippen LogP contribution in [-0.2, 0) is 21.3 Å². The lowest BCUT2D eigenvalue weighted by Gasteiger charge is -2.55. The maximum Gasteiger partial charge on any atom is 0.355 e. The Bertz CT molecular complexity index is 1490. The van der Waals surface area contributed by atoms with Gasteiger partial charge in [-0.2, -0.15) is 0 Å². The number of aryl methyl sites for hydroxylation is 2. The Morgan fingerprint density at radius 1 is 1.15 bits per heavy atom. The summed E-state index contributed by atoms with van der Waals surface area (Å²) in [5.41, 5.74) is 1.09.